The molecule has 33 heavy (non-hydrogen) atoms. The van der Waals surface area contributed by atoms with Crippen molar-refractivity contribution >= 4 is 23.3 Å². The number of nitrogens with zero attached hydrogens (tertiary/aromatic N) is 1. The van der Waals surface area contributed by atoms with Gasteiger partial charge in [0.2, 0.25) is 18.6 Å². The highest BCUT2D eigenvalue weighted by Gasteiger charge is 2.70. The topological polar surface area (TPSA) is 72.9 Å². The lowest BCUT2D eigenvalue weighted by molar-refractivity contribution is -0.132. The van der Waals surface area contributed by atoms with Crippen molar-refractivity contribution in [1.82, 2.24) is 0 Å². The quantitative estimate of drug-likeness (QED) is 0.574. The van der Waals surface area contributed by atoms with Crippen LogP contribution in [-0.4, -0.2) is 24.4 Å². The van der Waals surface area contributed by atoms with Crippen molar-refractivity contribution in [2.45, 2.75) is 18.3 Å². The van der Waals surface area contributed by atoms with E-state index in [4.69, 9.17) is 9.47 Å². The van der Waals surface area contributed by atoms with E-state index in [2.05, 4.69) is 0 Å². The number of amides is 2. The van der Waals surface area contributed by atoms with E-state index < -0.39 is 17.3 Å². The van der Waals surface area contributed by atoms with Crippen LogP contribution in [-0.2, 0) is 19.8 Å². The van der Waals surface area contributed by atoms with Crippen molar-refractivity contribution in [1.29, 1.82) is 0 Å². The third-order valence-corrected chi connectivity index (χ3v) is 7.79. The number of carbonyl (C=O) groups excluding carboxylic acids is 3. The third-order valence-electron chi connectivity index (χ3n) is 7.79. The summed E-state index contributed by atoms with van der Waals surface area (Å²) in [6.45, 7) is 1.64. The maximum absolute atomic E-state index is 14.1. The van der Waals surface area contributed by atoms with Gasteiger partial charge in [-0.1, -0.05) is 48.5 Å². The Labute approximate surface area is 189 Å². The lowest BCUT2D eigenvalue weighted by Crippen LogP contribution is -2.57. The Morgan fingerprint density at radius 1 is 0.879 bits per heavy atom. The number of carbonyl (C=O) groups is 3. The average molecular weight is 437 g/mol. The predicted molar refractivity (Wildman–Crippen MR) is 118 cm³/mol. The molecule has 8 rings (SSSR count). The second-order valence-electron chi connectivity index (χ2n) is 9.07. The Hall–Kier alpha value is -3.93. The Morgan fingerprint density at radius 2 is 1.52 bits per heavy atom. The molecule has 6 heteroatoms. The Bertz CT molecular complexity index is 1360. The first kappa shape index (κ1) is 18.6. The van der Waals surface area contributed by atoms with Gasteiger partial charge in [-0.3, -0.25) is 14.4 Å². The summed E-state index contributed by atoms with van der Waals surface area (Å²) >= 11 is 0. The maximum atomic E-state index is 14.1. The highest BCUT2D eigenvalue weighted by Crippen LogP contribution is 2.64. The van der Waals surface area contributed by atoms with E-state index in [0.717, 1.165) is 22.3 Å². The maximum Gasteiger partial charge on any atom is 0.239 e. The first-order chi connectivity index (χ1) is 16.0. The molecule has 3 aliphatic carbocycles. The van der Waals surface area contributed by atoms with Gasteiger partial charge in [0.1, 0.15) is 5.78 Å². The highest BCUT2D eigenvalue weighted by molar-refractivity contribution is 6.25. The van der Waals surface area contributed by atoms with Gasteiger partial charge in [0.05, 0.1) is 22.9 Å². The van der Waals surface area contributed by atoms with E-state index in [9.17, 15) is 14.4 Å². The SMILES string of the molecule is CC(=O)C12c3ccccc3C(c3ccccc31)C1C(=O)N(c3ccc4c(c3)OCO4)C(=O)C12. The highest BCUT2D eigenvalue weighted by atomic mass is 16.7. The van der Waals surface area contributed by atoms with Crippen molar-refractivity contribution in [3.8, 4) is 11.5 Å². The van der Waals surface area contributed by atoms with E-state index >= 15 is 0 Å². The second kappa shape index (κ2) is 6.10. The molecule has 3 aromatic carbocycles. The lowest BCUT2D eigenvalue weighted by Gasteiger charge is -2.52. The molecule has 162 valence electrons. The zero-order valence-corrected chi connectivity index (χ0v) is 17.8. The minimum atomic E-state index is -1.19. The van der Waals surface area contributed by atoms with Crippen molar-refractivity contribution in [3.05, 3.63) is 89.0 Å². The van der Waals surface area contributed by atoms with Gasteiger partial charge >= 0.3 is 0 Å². The summed E-state index contributed by atoms with van der Waals surface area (Å²) in [6, 6.07) is 20.6. The van der Waals surface area contributed by atoms with Gasteiger partial charge in [0.15, 0.2) is 11.5 Å². The molecule has 0 radical (unpaired) electrons. The minimum absolute atomic E-state index is 0.103. The summed E-state index contributed by atoms with van der Waals surface area (Å²) < 4.78 is 10.9. The molecule has 2 unspecified atom stereocenters. The number of anilines is 1. The van der Waals surface area contributed by atoms with Gasteiger partial charge in [-0.05, 0) is 41.3 Å². The smallest absolute Gasteiger partial charge is 0.239 e. The fourth-order valence-electron chi connectivity index (χ4n) is 6.65. The lowest BCUT2D eigenvalue weighted by atomic mass is 9.46. The van der Waals surface area contributed by atoms with Crippen LogP contribution in [0.2, 0.25) is 0 Å². The monoisotopic (exact) mass is 437 g/mol. The molecule has 0 spiro atoms. The molecular formula is C27H19NO5. The summed E-state index contributed by atoms with van der Waals surface area (Å²) in [7, 11) is 0. The van der Waals surface area contributed by atoms with Gasteiger partial charge in [-0.2, -0.15) is 0 Å². The fourth-order valence-corrected chi connectivity index (χ4v) is 6.65. The van der Waals surface area contributed by atoms with Gasteiger partial charge in [-0.15, -0.1) is 0 Å². The Morgan fingerprint density at radius 3 is 2.18 bits per heavy atom. The predicted octanol–water partition coefficient (Wildman–Crippen LogP) is 3.56. The number of fused-ring (bicyclic) bond motifs is 1. The second-order valence-corrected chi connectivity index (χ2v) is 9.07. The van der Waals surface area contributed by atoms with E-state index in [-0.39, 0.29) is 30.3 Å². The third kappa shape index (κ3) is 2.02. The van der Waals surface area contributed by atoms with Crippen LogP contribution in [0.4, 0.5) is 5.69 Å². The molecule has 2 aliphatic heterocycles. The zero-order valence-electron chi connectivity index (χ0n) is 17.8. The molecule has 2 atom stereocenters. The molecule has 6 nitrogen and oxygen atoms in total. The molecule has 2 heterocycles. The number of benzene rings is 3. The van der Waals surface area contributed by atoms with Gasteiger partial charge < -0.3 is 9.47 Å². The van der Waals surface area contributed by atoms with E-state index in [0.29, 0.717) is 17.2 Å². The summed E-state index contributed by atoms with van der Waals surface area (Å²) in [4.78, 5) is 42.8. The normalized spacial score (nSPS) is 27.9. The van der Waals surface area contributed by atoms with Crippen LogP contribution in [0.15, 0.2) is 66.7 Å². The first-order valence-electron chi connectivity index (χ1n) is 11.0. The fraction of sp³-hybridized carbons (Fsp3) is 0.222. The van der Waals surface area contributed by atoms with E-state index in [1.54, 1.807) is 18.2 Å². The van der Waals surface area contributed by atoms with Crippen LogP contribution in [0.25, 0.3) is 0 Å². The number of rotatable bonds is 2. The van der Waals surface area contributed by atoms with Crippen LogP contribution in [0.3, 0.4) is 0 Å². The number of hydrogen-bond donors (Lipinski definition) is 0. The molecule has 2 amide bonds. The molecule has 0 aromatic heterocycles. The van der Waals surface area contributed by atoms with E-state index in [1.807, 2.05) is 48.5 Å². The Kier molecular flexibility index (Phi) is 3.44. The molecule has 0 saturated carbocycles. The summed E-state index contributed by atoms with van der Waals surface area (Å²) in [5, 5.41) is 0. The molecule has 2 bridgehead atoms. The van der Waals surface area contributed by atoms with Gasteiger partial charge in [0.25, 0.3) is 0 Å². The van der Waals surface area contributed by atoms with Crippen molar-refractivity contribution < 1.29 is 23.9 Å². The summed E-state index contributed by atoms with van der Waals surface area (Å²) in [5.41, 5.74) is 2.86. The van der Waals surface area contributed by atoms with Crippen molar-refractivity contribution in [2.75, 3.05) is 11.7 Å². The van der Waals surface area contributed by atoms with Crippen LogP contribution >= 0.6 is 0 Å². The molecule has 5 aliphatic rings. The Balaban J connectivity index is 1.50. The van der Waals surface area contributed by atoms with Crippen molar-refractivity contribution in [3.63, 3.8) is 0 Å². The molecule has 1 saturated heterocycles. The van der Waals surface area contributed by atoms with E-state index in [1.165, 1.54) is 11.8 Å². The van der Waals surface area contributed by atoms with Crippen molar-refractivity contribution in [2.24, 2.45) is 11.8 Å². The first-order valence-corrected chi connectivity index (χ1v) is 11.0. The summed E-state index contributed by atoms with van der Waals surface area (Å²) in [6.07, 6.45) is 0. The molecular weight excluding hydrogens is 418 g/mol. The molecule has 1 fully saturated rings. The van der Waals surface area contributed by atoms with Crippen LogP contribution < -0.4 is 14.4 Å². The summed E-state index contributed by atoms with van der Waals surface area (Å²) in [5.74, 6) is -1.37. The van der Waals surface area contributed by atoms with Gasteiger partial charge in [-0.25, -0.2) is 4.90 Å². The number of ketones is 1. The zero-order chi connectivity index (χ0) is 22.5. The number of ether oxygens (including phenoxy) is 2. The largest absolute Gasteiger partial charge is 0.454 e. The number of Topliss-reactive ketones (excluding diaryl/α,β-unsaturated/α-hetero) is 1. The van der Waals surface area contributed by atoms with Crippen LogP contribution in [0, 0.1) is 11.8 Å². The number of imide groups is 1. The minimum Gasteiger partial charge on any atom is -0.454 e. The molecule has 0 N–H and O–H groups in total. The van der Waals surface area contributed by atoms with Gasteiger partial charge in [0, 0.05) is 12.0 Å². The van der Waals surface area contributed by atoms with Crippen LogP contribution in [0.5, 0.6) is 11.5 Å². The number of hydrogen-bond acceptors (Lipinski definition) is 5. The average Bonchev–Trinajstić information content (AvgIpc) is 3.41. The molecule has 3 aromatic rings. The van der Waals surface area contributed by atoms with Crippen LogP contribution in [0.1, 0.15) is 35.1 Å². The standard InChI is InChI=1S/C27H19NO5/c1-14(29)27-18-8-4-2-6-16(18)22(17-7-3-5-9-19(17)27)23-24(27)26(31)28(25(23)30)15-10-11-20-21(12-15)33-13-32-20/h2-12,22-24H,13H2,1H3.